The van der Waals surface area contributed by atoms with Crippen LogP contribution in [-0.4, -0.2) is 18.6 Å². The molecule has 1 heterocycles. The van der Waals surface area contributed by atoms with Gasteiger partial charge in [-0.05, 0) is 18.2 Å². The van der Waals surface area contributed by atoms with Crippen molar-refractivity contribution in [3.8, 4) is 17.1 Å². The van der Waals surface area contributed by atoms with E-state index in [1.807, 2.05) is 0 Å². The molecule has 82 valence electrons. The predicted molar refractivity (Wildman–Crippen MR) is 58.3 cm³/mol. The number of carbonyl (C=O) groups excluding carboxylic acids is 1. The van der Waals surface area contributed by atoms with Crippen LogP contribution in [-0.2, 0) is 0 Å². The van der Waals surface area contributed by atoms with Crippen LogP contribution < -0.4 is 10.5 Å². The van der Waals surface area contributed by atoms with E-state index in [9.17, 15) is 4.79 Å². The lowest BCUT2D eigenvalue weighted by atomic mass is 10.1. The molecule has 0 fully saturated rings. The topological polar surface area (TPSA) is 78.4 Å². The normalized spacial score (nSPS) is 10.1. The maximum absolute atomic E-state index is 10.9. The second kappa shape index (κ2) is 4.06. The Morgan fingerprint density at radius 1 is 1.44 bits per heavy atom. The molecule has 0 aliphatic carbocycles. The van der Waals surface area contributed by atoms with Gasteiger partial charge in [0.05, 0.1) is 7.11 Å². The molecule has 2 rings (SSSR count). The van der Waals surface area contributed by atoms with Crippen molar-refractivity contribution in [1.82, 2.24) is 5.16 Å². The van der Waals surface area contributed by atoms with Crippen LogP contribution in [0, 0.1) is 0 Å². The number of ether oxygens (including phenoxy) is 1. The highest BCUT2D eigenvalue weighted by molar-refractivity contribution is 5.87. The third kappa shape index (κ3) is 1.75. The Bertz CT molecular complexity index is 520. The van der Waals surface area contributed by atoms with Crippen LogP contribution in [0.25, 0.3) is 11.3 Å². The van der Waals surface area contributed by atoms with Crippen LogP contribution in [0.4, 0.5) is 5.82 Å². The zero-order valence-corrected chi connectivity index (χ0v) is 8.64. The Balaban J connectivity index is 2.56. The Kier molecular flexibility index (Phi) is 2.59. The molecule has 2 N–H and O–H groups in total. The molecular formula is C11H10N2O3. The number of aldehydes is 1. The van der Waals surface area contributed by atoms with Gasteiger partial charge in [0.1, 0.15) is 5.75 Å². The molecule has 0 aliphatic heterocycles. The van der Waals surface area contributed by atoms with E-state index in [1.54, 1.807) is 31.4 Å². The summed E-state index contributed by atoms with van der Waals surface area (Å²) >= 11 is 0. The van der Waals surface area contributed by atoms with E-state index in [1.165, 1.54) is 0 Å². The minimum atomic E-state index is 0.273. The molecule has 2 aromatic rings. The van der Waals surface area contributed by atoms with Crippen molar-refractivity contribution in [2.45, 2.75) is 0 Å². The minimum Gasteiger partial charge on any atom is -0.497 e. The second-order valence-electron chi connectivity index (χ2n) is 3.19. The molecule has 0 radical (unpaired) electrons. The summed E-state index contributed by atoms with van der Waals surface area (Å²) in [5.74, 6) is 1.35. The van der Waals surface area contributed by atoms with Crippen LogP contribution in [0.15, 0.2) is 28.8 Å². The fourth-order valence-electron chi connectivity index (χ4n) is 1.39. The third-order valence-corrected chi connectivity index (χ3v) is 2.18. The van der Waals surface area contributed by atoms with Gasteiger partial charge < -0.3 is 15.0 Å². The van der Waals surface area contributed by atoms with Crippen molar-refractivity contribution in [2.24, 2.45) is 0 Å². The maximum Gasteiger partial charge on any atom is 0.169 e. The van der Waals surface area contributed by atoms with E-state index in [-0.39, 0.29) is 5.82 Å². The molecule has 0 saturated heterocycles. The van der Waals surface area contributed by atoms with Gasteiger partial charge in [0.25, 0.3) is 0 Å². The second-order valence-corrected chi connectivity index (χ2v) is 3.19. The van der Waals surface area contributed by atoms with Crippen molar-refractivity contribution < 1.29 is 14.1 Å². The van der Waals surface area contributed by atoms with Crippen LogP contribution in [0.3, 0.4) is 0 Å². The molecule has 0 spiro atoms. The molecule has 16 heavy (non-hydrogen) atoms. The van der Waals surface area contributed by atoms with Crippen LogP contribution in [0.5, 0.6) is 5.75 Å². The van der Waals surface area contributed by atoms with Gasteiger partial charge in [-0.2, -0.15) is 0 Å². The molecular weight excluding hydrogens is 208 g/mol. The minimum absolute atomic E-state index is 0.273. The molecule has 0 atom stereocenters. The number of methoxy groups -OCH3 is 1. The number of carbonyl (C=O) groups is 1. The lowest BCUT2D eigenvalue weighted by Gasteiger charge is -2.03. The number of anilines is 1. The van der Waals surface area contributed by atoms with Gasteiger partial charge in [-0.15, -0.1) is 0 Å². The smallest absolute Gasteiger partial charge is 0.169 e. The summed E-state index contributed by atoms with van der Waals surface area (Å²) in [5, 5.41) is 3.57. The summed E-state index contributed by atoms with van der Waals surface area (Å²) in [7, 11) is 1.55. The molecule has 5 heteroatoms. The zero-order valence-electron chi connectivity index (χ0n) is 8.64. The summed E-state index contributed by atoms with van der Waals surface area (Å²) in [5.41, 5.74) is 6.56. The van der Waals surface area contributed by atoms with Gasteiger partial charge in [0.2, 0.25) is 0 Å². The first-order chi connectivity index (χ1) is 7.74. The van der Waals surface area contributed by atoms with Gasteiger partial charge >= 0.3 is 0 Å². The van der Waals surface area contributed by atoms with Crippen LogP contribution >= 0.6 is 0 Å². The SMILES string of the molecule is COc1ccc(C=O)c(-c2cc(N)no2)c1. The summed E-state index contributed by atoms with van der Waals surface area (Å²) in [6, 6.07) is 6.61. The van der Waals surface area contributed by atoms with Gasteiger partial charge in [-0.3, -0.25) is 4.79 Å². The fourth-order valence-corrected chi connectivity index (χ4v) is 1.39. The Hall–Kier alpha value is -2.30. The quantitative estimate of drug-likeness (QED) is 0.794. The number of nitrogens with two attached hydrogens (primary N) is 1. The average molecular weight is 218 g/mol. The number of benzene rings is 1. The fraction of sp³-hybridized carbons (Fsp3) is 0.0909. The Morgan fingerprint density at radius 3 is 2.81 bits per heavy atom. The summed E-state index contributed by atoms with van der Waals surface area (Å²) in [6.45, 7) is 0. The number of hydrogen-bond acceptors (Lipinski definition) is 5. The largest absolute Gasteiger partial charge is 0.497 e. The summed E-state index contributed by atoms with van der Waals surface area (Å²) in [4.78, 5) is 10.9. The highest BCUT2D eigenvalue weighted by atomic mass is 16.5. The first-order valence-corrected chi connectivity index (χ1v) is 4.60. The molecule has 0 bridgehead atoms. The van der Waals surface area contributed by atoms with Crippen molar-refractivity contribution >= 4 is 12.1 Å². The van der Waals surface area contributed by atoms with Gasteiger partial charge in [0.15, 0.2) is 17.9 Å². The number of hydrogen-bond donors (Lipinski definition) is 1. The molecule has 0 unspecified atom stereocenters. The number of rotatable bonds is 3. The van der Waals surface area contributed by atoms with Crippen LogP contribution in [0.1, 0.15) is 10.4 Å². The van der Waals surface area contributed by atoms with Crippen molar-refractivity contribution in [2.75, 3.05) is 12.8 Å². The maximum atomic E-state index is 10.9. The summed E-state index contributed by atoms with van der Waals surface area (Å²) < 4.78 is 10.1. The lowest BCUT2D eigenvalue weighted by Crippen LogP contribution is -1.89. The Morgan fingerprint density at radius 2 is 2.25 bits per heavy atom. The third-order valence-electron chi connectivity index (χ3n) is 2.18. The standard InChI is InChI=1S/C11H10N2O3/c1-15-8-3-2-7(6-14)9(4-8)10-5-11(12)13-16-10/h2-6H,1H3,(H2,12,13). The van der Waals surface area contributed by atoms with E-state index in [2.05, 4.69) is 5.16 Å². The number of nitrogen functional groups attached to an aromatic ring is 1. The lowest BCUT2D eigenvalue weighted by molar-refractivity contribution is 0.112. The highest BCUT2D eigenvalue weighted by Crippen LogP contribution is 2.28. The van der Waals surface area contributed by atoms with E-state index >= 15 is 0 Å². The van der Waals surface area contributed by atoms with Gasteiger partial charge in [-0.1, -0.05) is 5.16 Å². The first kappa shape index (κ1) is 10.2. The Labute approximate surface area is 91.8 Å². The monoisotopic (exact) mass is 218 g/mol. The predicted octanol–water partition coefficient (Wildman–Crippen LogP) is 1.74. The average Bonchev–Trinajstić information content (AvgIpc) is 2.75. The summed E-state index contributed by atoms with van der Waals surface area (Å²) in [6.07, 6.45) is 0.744. The molecule has 1 aromatic carbocycles. The zero-order chi connectivity index (χ0) is 11.5. The highest BCUT2D eigenvalue weighted by Gasteiger charge is 2.11. The van der Waals surface area contributed by atoms with Gasteiger partial charge in [-0.25, -0.2) is 0 Å². The number of nitrogens with zero attached hydrogens (tertiary/aromatic N) is 1. The molecule has 0 amide bonds. The molecule has 1 aromatic heterocycles. The molecule has 5 nitrogen and oxygen atoms in total. The molecule has 0 aliphatic rings. The number of aromatic nitrogens is 1. The van der Waals surface area contributed by atoms with Crippen molar-refractivity contribution in [3.63, 3.8) is 0 Å². The molecule has 0 saturated carbocycles. The van der Waals surface area contributed by atoms with Gasteiger partial charge in [0, 0.05) is 17.2 Å². The van der Waals surface area contributed by atoms with Crippen molar-refractivity contribution in [3.05, 3.63) is 29.8 Å². The van der Waals surface area contributed by atoms with E-state index in [0.29, 0.717) is 22.6 Å². The van der Waals surface area contributed by atoms with E-state index in [4.69, 9.17) is 15.0 Å². The first-order valence-electron chi connectivity index (χ1n) is 4.60. The van der Waals surface area contributed by atoms with Crippen molar-refractivity contribution in [1.29, 1.82) is 0 Å². The van der Waals surface area contributed by atoms with E-state index < -0.39 is 0 Å². The van der Waals surface area contributed by atoms with E-state index in [0.717, 1.165) is 6.29 Å². The van der Waals surface area contributed by atoms with Crippen LogP contribution in [0.2, 0.25) is 0 Å².